The van der Waals surface area contributed by atoms with Gasteiger partial charge in [-0.15, -0.1) is 0 Å². The highest BCUT2D eigenvalue weighted by atomic mass is 15.0. The molecule has 0 aliphatic heterocycles. The second-order valence-corrected chi connectivity index (χ2v) is 17.4. The highest BCUT2D eigenvalue weighted by molar-refractivity contribution is 6.13. The van der Waals surface area contributed by atoms with Gasteiger partial charge in [0.25, 0.3) is 0 Å². The third-order valence-electron chi connectivity index (χ3n) is 13.2. The Morgan fingerprint density at radius 3 is 1.48 bits per heavy atom. The number of fused-ring (bicyclic) bond motifs is 3. The molecule has 0 N–H and O–H groups in total. The van der Waals surface area contributed by atoms with E-state index in [0.717, 1.165) is 84.0 Å². The molecule has 0 saturated carbocycles. The summed E-state index contributed by atoms with van der Waals surface area (Å²) >= 11 is 0. The number of allylic oxidation sites excluding steroid dienone is 4. The van der Waals surface area contributed by atoms with E-state index in [0.29, 0.717) is 23.2 Å². The van der Waals surface area contributed by atoms with Crippen LogP contribution < -0.4 is 0 Å². The third-order valence-corrected chi connectivity index (χ3v) is 13.2. The van der Waals surface area contributed by atoms with Crippen molar-refractivity contribution in [3.8, 4) is 61.8 Å². The number of benzene rings is 9. The van der Waals surface area contributed by atoms with Crippen molar-refractivity contribution >= 4 is 38.6 Å². The molecule has 0 radical (unpaired) electrons. The smallest absolute Gasteiger partial charge is 0.188 e. The summed E-state index contributed by atoms with van der Waals surface area (Å²) in [6.07, 6.45) is 5.45. The molecule has 0 spiro atoms. The summed E-state index contributed by atoms with van der Waals surface area (Å²) in [4.78, 5) is 20.0. The van der Waals surface area contributed by atoms with Crippen molar-refractivity contribution in [2.75, 3.05) is 0 Å². The van der Waals surface area contributed by atoms with E-state index in [2.05, 4.69) is 216 Å². The topological polar surface area (TPSA) is 48.0 Å². The molecule has 1 aliphatic rings. The lowest BCUT2D eigenvalue weighted by Gasteiger charge is -2.23. The molecule has 0 bridgehead atoms. The Kier molecular flexibility index (Phi) is 10.7. The lowest BCUT2D eigenvalue weighted by Crippen LogP contribution is -2.08. The number of hydrogen-bond donors (Lipinski definition) is 0. The zero-order valence-corrected chi connectivity index (χ0v) is 37.6. The average Bonchev–Trinajstić information content (AvgIpc) is 3.76. The first-order chi connectivity index (χ1) is 34.1. The molecular weight excluding hydrogens is 839 g/mol. The van der Waals surface area contributed by atoms with Gasteiger partial charge in [-0.3, -0.25) is 0 Å². The highest BCUT2D eigenvalue weighted by Crippen LogP contribution is 2.45. The fourth-order valence-electron chi connectivity index (χ4n) is 9.88. The molecule has 2 heterocycles. The van der Waals surface area contributed by atoms with Crippen molar-refractivity contribution in [1.82, 2.24) is 19.5 Å². The standard InChI is InChI=1S/C64H43N5/c1-65-54-33-35-60-58(42-54)57-39-49(43-20-8-2-9-21-43)32-34-59(57)69(60)61-55(46-26-14-5-15-27-46)40-53(41-56(61)47-28-16-6-17-29-47)64-67-62(48-30-18-7-19-31-48)66-63(68-64)52-37-50(44-22-10-3-11-23-44)36-51(38-52)45-24-12-4-13-25-45/h2-35,37-42,50H,36H2. The number of hydrogen-bond acceptors (Lipinski definition) is 3. The molecule has 324 valence electrons. The fraction of sp³-hybridized carbons (Fsp3) is 0.0312. The summed E-state index contributed by atoms with van der Waals surface area (Å²) < 4.78 is 2.39. The van der Waals surface area contributed by atoms with Gasteiger partial charge >= 0.3 is 0 Å². The first-order valence-corrected chi connectivity index (χ1v) is 23.3. The van der Waals surface area contributed by atoms with E-state index in [9.17, 15) is 0 Å². The summed E-state index contributed by atoms with van der Waals surface area (Å²) in [6.45, 7) is 8.02. The van der Waals surface area contributed by atoms with Gasteiger partial charge in [-0.25, -0.2) is 19.8 Å². The minimum atomic E-state index is 0.122. The van der Waals surface area contributed by atoms with Crippen molar-refractivity contribution in [3.05, 3.63) is 271 Å². The van der Waals surface area contributed by atoms with Gasteiger partial charge in [0.15, 0.2) is 23.2 Å². The molecule has 1 aliphatic carbocycles. The lowest BCUT2D eigenvalue weighted by atomic mass is 9.83. The lowest BCUT2D eigenvalue weighted by molar-refractivity contribution is 0.867. The van der Waals surface area contributed by atoms with Gasteiger partial charge in [-0.1, -0.05) is 200 Å². The molecule has 2 aromatic heterocycles. The molecule has 69 heavy (non-hydrogen) atoms. The van der Waals surface area contributed by atoms with E-state index >= 15 is 0 Å². The minimum absolute atomic E-state index is 0.122. The Morgan fingerprint density at radius 1 is 0.420 bits per heavy atom. The molecule has 0 amide bonds. The van der Waals surface area contributed by atoms with Gasteiger partial charge in [0, 0.05) is 39.1 Å². The maximum Gasteiger partial charge on any atom is 0.188 e. The maximum absolute atomic E-state index is 8.02. The van der Waals surface area contributed by atoms with Gasteiger partial charge in [0.2, 0.25) is 0 Å². The van der Waals surface area contributed by atoms with Crippen LogP contribution in [-0.2, 0) is 0 Å². The van der Waals surface area contributed by atoms with E-state index in [1.54, 1.807) is 0 Å². The maximum atomic E-state index is 8.02. The Bertz CT molecular complexity index is 3720. The van der Waals surface area contributed by atoms with Crippen LogP contribution in [0, 0.1) is 6.57 Å². The molecule has 1 atom stereocenters. The van der Waals surface area contributed by atoms with Gasteiger partial charge in [0.05, 0.1) is 23.3 Å². The van der Waals surface area contributed by atoms with E-state index in [-0.39, 0.29) is 5.92 Å². The molecule has 0 saturated heterocycles. The predicted octanol–water partition coefficient (Wildman–Crippen LogP) is 16.5. The molecule has 5 nitrogen and oxygen atoms in total. The van der Waals surface area contributed by atoms with Gasteiger partial charge in [-0.2, -0.15) is 0 Å². The van der Waals surface area contributed by atoms with Crippen LogP contribution in [0.3, 0.4) is 0 Å². The van der Waals surface area contributed by atoms with Crippen molar-refractivity contribution < 1.29 is 0 Å². The third kappa shape index (κ3) is 7.90. The van der Waals surface area contributed by atoms with E-state index in [4.69, 9.17) is 21.5 Å². The van der Waals surface area contributed by atoms with Crippen molar-refractivity contribution in [2.45, 2.75) is 12.3 Å². The van der Waals surface area contributed by atoms with Crippen LogP contribution >= 0.6 is 0 Å². The highest BCUT2D eigenvalue weighted by Gasteiger charge is 2.25. The summed E-state index contributed by atoms with van der Waals surface area (Å²) in [5, 5.41) is 2.09. The van der Waals surface area contributed by atoms with Crippen molar-refractivity contribution in [1.29, 1.82) is 0 Å². The quantitative estimate of drug-likeness (QED) is 0.136. The molecule has 12 rings (SSSR count). The molecule has 0 fully saturated rings. The first-order valence-electron chi connectivity index (χ1n) is 23.3. The Morgan fingerprint density at radius 2 is 0.899 bits per heavy atom. The minimum Gasteiger partial charge on any atom is -0.308 e. The summed E-state index contributed by atoms with van der Waals surface area (Å²) in [7, 11) is 0. The molecule has 5 heteroatoms. The summed E-state index contributed by atoms with van der Waals surface area (Å²) in [5.74, 6) is 1.92. The zero-order chi connectivity index (χ0) is 46.1. The average molecular weight is 882 g/mol. The Hall–Kier alpha value is -9.24. The molecule has 9 aromatic carbocycles. The van der Waals surface area contributed by atoms with Crippen LogP contribution in [0.15, 0.2) is 243 Å². The Labute approximate surface area is 401 Å². The first kappa shape index (κ1) is 41.2. The van der Waals surface area contributed by atoms with Crippen LogP contribution in [0.4, 0.5) is 5.69 Å². The van der Waals surface area contributed by atoms with E-state index < -0.39 is 0 Å². The van der Waals surface area contributed by atoms with Crippen LogP contribution in [0.2, 0.25) is 0 Å². The van der Waals surface area contributed by atoms with Crippen LogP contribution in [0.25, 0.3) is 99.6 Å². The van der Waals surface area contributed by atoms with Crippen LogP contribution in [0.5, 0.6) is 0 Å². The fourth-order valence-corrected chi connectivity index (χ4v) is 9.88. The SMILES string of the molecule is [C-]#[N+]c1ccc2c(c1)c1cc(-c3ccccc3)ccc1n2-c1c(-c2ccccc2)cc(-c2nc(C3=CC(c4ccccc4)CC(c4ccccc4)=C3)nc(-c3ccccc3)n2)cc1-c1ccccc1. The zero-order valence-electron chi connectivity index (χ0n) is 37.6. The van der Waals surface area contributed by atoms with E-state index in [1.807, 2.05) is 36.4 Å². The van der Waals surface area contributed by atoms with E-state index in [1.165, 1.54) is 16.7 Å². The summed E-state index contributed by atoms with van der Waals surface area (Å²) in [6, 6.07) is 80.5. The molecule has 11 aromatic rings. The largest absolute Gasteiger partial charge is 0.308 e. The number of nitrogens with zero attached hydrogens (tertiary/aromatic N) is 5. The normalized spacial score (nSPS) is 13.5. The number of aromatic nitrogens is 4. The number of rotatable bonds is 9. The van der Waals surface area contributed by atoms with Gasteiger partial charge in [-0.05, 0) is 93.2 Å². The van der Waals surface area contributed by atoms with Crippen LogP contribution in [0.1, 0.15) is 29.3 Å². The van der Waals surface area contributed by atoms with Crippen molar-refractivity contribution in [2.24, 2.45) is 0 Å². The van der Waals surface area contributed by atoms with Gasteiger partial charge < -0.3 is 4.57 Å². The second-order valence-electron chi connectivity index (χ2n) is 17.4. The monoisotopic (exact) mass is 881 g/mol. The molecular formula is C64H43N5. The van der Waals surface area contributed by atoms with Gasteiger partial charge in [0.1, 0.15) is 0 Å². The second kappa shape index (κ2) is 17.9. The van der Waals surface area contributed by atoms with Crippen molar-refractivity contribution in [3.63, 3.8) is 0 Å². The Balaban J connectivity index is 1.14. The predicted molar refractivity (Wildman–Crippen MR) is 284 cm³/mol. The van der Waals surface area contributed by atoms with Crippen LogP contribution in [-0.4, -0.2) is 19.5 Å². The summed E-state index contributed by atoms with van der Waals surface area (Å²) in [5.41, 5.74) is 16.5. The molecule has 1 unspecified atom stereocenters.